The normalized spacial score (nSPS) is 11.1. The fraction of sp³-hybridized carbons (Fsp3) is 0.571. The van der Waals surface area contributed by atoms with Gasteiger partial charge in [-0.05, 0) is 49.6 Å². The lowest BCUT2D eigenvalue weighted by molar-refractivity contribution is -0.0504. The average molecular weight is 324 g/mol. The van der Waals surface area contributed by atoms with E-state index in [1.165, 1.54) is 24.7 Å². The second-order valence-corrected chi connectivity index (χ2v) is 5.78. The molecule has 0 aliphatic carbocycles. The first-order valence-corrected chi connectivity index (χ1v) is 8.33. The number of halogens is 3. The molecule has 0 spiro atoms. The van der Waals surface area contributed by atoms with Crippen molar-refractivity contribution in [3.63, 3.8) is 0 Å². The molecule has 0 atom stereocenters. The zero-order valence-corrected chi connectivity index (χ0v) is 13.1. The number of unbranched alkanes of at least 4 members (excludes halogenated alkanes) is 2. The highest BCUT2D eigenvalue weighted by atomic mass is 35.5. The van der Waals surface area contributed by atoms with Crippen LogP contribution in [-0.4, -0.2) is 25.2 Å². The second-order valence-electron chi connectivity index (χ2n) is 4.36. The summed E-state index contributed by atoms with van der Waals surface area (Å²) in [6, 6.07) is 4.68. The van der Waals surface area contributed by atoms with E-state index in [9.17, 15) is 8.78 Å². The molecule has 20 heavy (non-hydrogen) atoms. The highest BCUT2D eigenvalue weighted by Gasteiger charge is 2.09. The van der Waals surface area contributed by atoms with Crippen LogP contribution in [0.15, 0.2) is 18.2 Å². The lowest BCUT2D eigenvalue weighted by Crippen LogP contribution is -2.16. The predicted molar refractivity (Wildman–Crippen MR) is 82.0 cm³/mol. The van der Waals surface area contributed by atoms with Crippen molar-refractivity contribution >= 4 is 23.4 Å². The summed E-state index contributed by atoms with van der Waals surface area (Å²) in [7, 11) is 0. The van der Waals surface area contributed by atoms with Crippen LogP contribution < -0.4 is 10.1 Å². The first-order valence-electron chi connectivity index (χ1n) is 6.56. The van der Waals surface area contributed by atoms with Crippen molar-refractivity contribution in [2.75, 3.05) is 18.6 Å². The minimum atomic E-state index is -2.82. The second kappa shape index (κ2) is 10.2. The van der Waals surface area contributed by atoms with Crippen LogP contribution in [0.4, 0.5) is 8.78 Å². The van der Waals surface area contributed by atoms with E-state index in [0.29, 0.717) is 17.1 Å². The predicted octanol–water partition coefficient (Wildman–Crippen LogP) is 4.56. The van der Waals surface area contributed by atoms with Gasteiger partial charge in [-0.1, -0.05) is 18.0 Å². The maximum Gasteiger partial charge on any atom is 0.387 e. The van der Waals surface area contributed by atoms with Crippen molar-refractivity contribution in [3.8, 4) is 5.75 Å². The van der Waals surface area contributed by atoms with Gasteiger partial charge in [0.05, 0.1) is 0 Å². The Morgan fingerprint density at radius 1 is 1.30 bits per heavy atom. The number of benzene rings is 1. The van der Waals surface area contributed by atoms with E-state index in [2.05, 4.69) is 16.3 Å². The third-order valence-electron chi connectivity index (χ3n) is 2.76. The molecule has 0 aliphatic rings. The van der Waals surface area contributed by atoms with Gasteiger partial charge in [0, 0.05) is 17.1 Å². The quantitative estimate of drug-likeness (QED) is 0.638. The van der Waals surface area contributed by atoms with Crippen LogP contribution in [0.5, 0.6) is 5.75 Å². The Bertz CT molecular complexity index is 393. The van der Waals surface area contributed by atoms with Gasteiger partial charge in [0.25, 0.3) is 0 Å². The number of hydrogen-bond donors (Lipinski definition) is 1. The summed E-state index contributed by atoms with van der Waals surface area (Å²) in [5, 5.41) is 3.75. The first-order chi connectivity index (χ1) is 9.63. The molecule has 0 unspecified atom stereocenters. The Balaban J connectivity index is 2.36. The Morgan fingerprint density at radius 2 is 2.10 bits per heavy atom. The Labute approximate surface area is 128 Å². The van der Waals surface area contributed by atoms with Gasteiger partial charge in [-0.3, -0.25) is 0 Å². The van der Waals surface area contributed by atoms with Crippen LogP contribution >= 0.6 is 23.4 Å². The fourth-order valence-corrected chi connectivity index (χ4v) is 2.48. The molecule has 1 N–H and O–H groups in total. The van der Waals surface area contributed by atoms with Gasteiger partial charge in [0.15, 0.2) is 0 Å². The topological polar surface area (TPSA) is 21.3 Å². The summed E-state index contributed by atoms with van der Waals surface area (Å²) in [6.07, 6.45) is 5.55. The van der Waals surface area contributed by atoms with Crippen molar-refractivity contribution in [1.29, 1.82) is 0 Å². The van der Waals surface area contributed by atoms with Crippen LogP contribution in [0.1, 0.15) is 24.8 Å². The van der Waals surface area contributed by atoms with Gasteiger partial charge in [0.2, 0.25) is 0 Å². The van der Waals surface area contributed by atoms with Crippen molar-refractivity contribution in [2.24, 2.45) is 0 Å². The Morgan fingerprint density at radius 3 is 2.80 bits per heavy atom. The molecule has 1 aromatic rings. The van der Waals surface area contributed by atoms with Gasteiger partial charge < -0.3 is 10.1 Å². The molecule has 0 bridgehead atoms. The molecule has 1 aromatic carbocycles. The van der Waals surface area contributed by atoms with E-state index in [1.807, 2.05) is 11.8 Å². The minimum absolute atomic E-state index is 0.180. The summed E-state index contributed by atoms with van der Waals surface area (Å²) in [6.45, 7) is -1.48. The van der Waals surface area contributed by atoms with Crippen molar-refractivity contribution in [2.45, 2.75) is 32.4 Å². The smallest absolute Gasteiger partial charge is 0.387 e. The van der Waals surface area contributed by atoms with Crippen LogP contribution in [0.25, 0.3) is 0 Å². The molecule has 1 rings (SSSR count). The average Bonchev–Trinajstić information content (AvgIpc) is 2.40. The molecule has 0 aliphatic heterocycles. The molecule has 0 heterocycles. The largest absolute Gasteiger partial charge is 0.434 e. The van der Waals surface area contributed by atoms with Crippen LogP contribution in [0, 0.1) is 0 Å². The van der Waals surface area contributed by atoms with Gasteiger partial charge in [-0.25, -0.2) is 0 Å². The van der Waals surface area contributed by atoms with Crippen molar-refractivity contribution < 1.29 is 13.5 Å². The summed E-state index contributed by atoms with van der Waals surface area (Å²) in [5.41, 5.74) is 0.655. The molecule has 6 heteroatoms. The Kier molecular flexibility index (Phi) is 8.98. The molecular formula is C14H20ClF2NOS. The van der Waals surface area contributed by atoms with Crippen LogP contribution in [0.2, 0.25) is 5.02 Å². The van der Waals surface area contributed by atoms with Crippen LogP contribution in [-0.2, 0) is 6.54 Å². The maximum absolute atomic E-state index is 12.3. The molecule has 0 aromatic heterocycles. The van der Waals surface area contributed by atoms with E-state index in [-0.39, 0.29) is 5.75 Å². The van der Waals surface area contributed by atoms with Crippen molar-refractivity contribution in [3.05, 3.63) is 28.8 Å². The lowest BCUT2D eigenvalue weighted by atomic mass is 10.2. The van der Waals surface area contributed by atoms with Gasteiger partial charge >= 0.3 is 6.61 Å². The molecule has 0 radical (unpaired) electrons. The minimum Gasteiger partial charge on any atom is -0.434 e. The summed E-state index contributed by atoms with van der Waals surface area (Å²) in [4.78, 5) is 0. The third kappa shape index (κ3) is 7.31. The zero-order valence-electron chi connectivity index (χ0n) is 11.5. The highest BCUT2D eigenvalue weighted by Crippen LogP contribution is 2.24. The third-order valence-corrected chi connectivity index (χ3v) is 3.69. The number of ether oxygens (including phenoxy) is 1. The standard InChI is InChI=1S/C14H20ClF2NOS/c1-20-8-4-2-3-7-18-10-11-9-12(15)5-6-13(11)19-14(16)17/h5-6,9,14,18H,2-4,7-8,10H2,1H3. The highest BCUT2D eigenvalue weighted by molar-refractivity contribution is 7.98. The molecule has 0 fully saturated rings. The number of rotatable bonds is 10. The summed E-state index contributed by atoms with van der Waals surface area (Å²) >= 11 is 7.73. The molecule has 114 valence electrons. The number of nitrogens with one attached hydrogen (secondary N) is 1. The molecular weight excluding hydrogens is 304 g/mol. The van der Waals surface area contributed by atoms with E-state index in [1.54, 1.807) is 12.1 Å². The van der Waals surface area contributed by atoms with Gasteiger partial charge in [-0.2, -0.15) is 20.5 Å². The van der Waals surface area contributed by atoms with E-state index in [4.69, 9.17) is 11.6 Å². The summed E-state index contributed by atoms with van der Waals surface area (Å²) < 4.78 is 29.0. The zero-order chi connectivity index (χ0) is 14.8. The number of alkyl halides is 2. The van der Waals surface area contributed by atoms with Gasteiger partial charge in [-0.15, -0.1) is 0 Å². The SMILES string of the molecule is CSCCCCCNCc1cc(Cl)ccc1OC(F)F. The molecule has 0 amide bonds. The summed E-state index contributed by atoms with van der Waals surface area (Å²) in [5.74, 6) is 1.36. The first kappa shape index (κ1) is 17.5. The Hall–Kier alpha value is -0.520. The maximum atomic E-state index is 12.3. The monoisotopic (exact) mass is 323 g/mol. The number of hydrogen-bond acceptors (Lipinski definition) is 3. The fourth-order valence-electron chi connectivity index (χ4n) is 1.79. The van der Waals surface area contributed by atoms with E-state index >= 15 is 0 Å². The molecule has 0 saturated heterocycles. The molecule has 2 nitrogen and oxygen atoms in total. The molecule has 0 saturated carbocycles. The van der Waals surface area contributed by atoms with Gasteiger partial charge in [0.1, 0.15) is 5.75 Å². The van der Waals surface area contributed by atoms with Crippen LogP contribution in [0.3, 0.4) is 0 Å². The lowest BCUT2D eigenvalue weighted by Gasteiger charge is -2.12. The van der Waals surface area contributed by atoms with E-state index in [0.717, 1.165) is 13.0 Å². The van der Waals surface area contributed by atoms with E-state index < -0.39 is 6.61 Å². The number of thioether (sulfide) groups is 1. The van der Waals surface area contributed by atoms with Crippen molar-refractivity contribution in [1.82, 2.24) is 5.32 Å².